The van der Waals surface area contributed by atoms with Crippen LogP contribution in [0.4, 0.5) is 10.5 Å². The predicted octanol–water partition coefficient (Wildman–Crippen LogP) is 3.18. The van der Waals surface area contributed by atoms with Crippen molar-refractivity contribution in [2.24, 2.45) is 0 Å². The zero-order valence-corrected chi connectivity index (χ0v) is 13.9. The average molecular weight is 309 g/mol. The monoisotopic (exact) mass is 309 g/mol. The summed E-state index contributed by atoms with van der Waals surface area (Å²) in [6.07, 6.45) is -0.421. The molecule has 0 radical (unpaired) electrons. The molecule has 0 aliphatic rings. The van der Waals surface area contributed by atoms with E-state index in [2.05, 4.69) is 5.32 Å². The molecule has 1 amide bonds. The maximum atomic E-state index is 11.9. The van der Waals surface area contributed by atoms with Crippen LogP contribution >= 0.6 is 0 Å². The van der Waals surface area contributed by atoms with Crippen molar-refractivity contribution in [2.45, 2.75) is 39.7 Å². The van der Waals surface area contributed by atoms with Crippen LogP contribution in [0.25, 0.3) is 0 Å². The van der Waals surface area contributed by atoms with Gasteiger partial charge in [0.2, 0.25) is 0 Å². The number of rotatable bonds is 5. The van der Waals surface area contributed by atoms with Crippen molar-refractivity contribution in [1.29, 1.82) is 0 Å². The van der Waals surface area contributed by atoms with E-state index in [0.717, 1.165) is 0 Å². The second-order valence-corrected chi connectivity index (χ2v) is 5.87. The summed E-state index contributed by atoms with van der Waals surface area (Å²) in [5.41, 5.74) is 0.486. The summed E-state index contributed by atoms with van der Waals surface area (Å²) in [5, 5.41) is 2.65. The number of benzene rings is 1. The van der Waals surface area contributed by atoms with Gasteiger partial charge in [-0.15, -0.1) is 0 Å². The molecule has 0 atom stereocenters. The lowest BCUT2D eigenvalue weighted by Crippen LogP contribution is -2.27. The molecule has 0 saturated carbocycles. The number of ether oxygens (including phenoxy) is 3. The van der Waals surface area contributed by atoms with Gasteiger partial charge in [0.05, 0.1) is 19.9 Å². The lowest BCUT2D eigenvalue weighted by molar-refractivity contribution is -0.116. The van der Waals surface area contributed by atoms with Crippen LogP contribution < -0.4 is 14.8 Å². The van der Waals surface area contributed by atoms with E-state index >= 15 is 0 Å². The van der Waals surface area contributed by atoms with Gasteiger partial charge in [0, 0.05) is 12.5 Å². The quantitative estimate of drug-likeness (QED) is 0.904. The Bertz CT molecular complexity index is 560. The zero-order chi connectivity index (χ0) is 16.9. The van der Waals surface area contributed by atoms with Gasteiger partial charge >= 0.3 is 6.09 Å². The van der Waals surface area contributed by atoms with Gasteiger partial charge in [-0.25, -0.2) is 4.79 Å². The van der Waals surface area contributed by atoms with Crippen LogP contribution in [0.3, 0.4) is 0 Å². The highest BCUT2D eigenvalue weighted by molar-refractivity contribution is 5.89. The van der Waals surface area contributed by atoms with Crippen LogP contribution in [0.1, 0.15) is 33.3 Å². The molecule has 0 aliphatic carbocycles. The first-order valence-corrected chi connectivity index (χ1v) is 6.90. The summed E-state index contributed by atoms with van der Waals surface area (Å²) in [4.78, 5) is 23.3. The Morgan fingerprint density at radius 3 is 2.09 bits per heavy atom. The molecule has 0 bridgehead atoms. The van der Waals surface area contributed by atoms with E-state index in [1.54, 1.807) is 32.9 Å². The Balaban J connectivity index is 3.14. The van der Waals surface area contributed by atoms with Crippen molar-refractivity contribution < 1.29 is 23.8 Å². The van der Waals surface area contributed by atoms with Crippen LogP contribution in [0.15, 0.2) is 12.1 Å². The van der Waals surface area contributed by atoms with Gasteiger partial charge in [0.1, 0.15) is 11.4 Å². The number of hydrogen-bond donors (Lipinski definition) is 1. The van der Waals surface area contributed by atoms with Crippen LogP contribution in [0, 0.1) is 0 Å². The largest absolute Gasteiger partial charge is 0.493 e. The van der Waals surface area contributed by atoms with Gasteiger partial charge < -0.3 is 14.2 Å². The molecule has 1 rings (SSSR count). The summed E-state index contributed by atoms with van der Waals surface area (Å²) in [5.74, 6) is 0.925. The molecule has 1 N–H and O–H groups in total. The first kappa shape index (κ1) is 17.8. The number of carbonyl (C=O) groups excluding carboxylic acids is 2. The summed E-state index contributed by atoms with van der Waals surface area (Å²) in [7, 11) is 3.01. The molecule has 122 valence electrons. The number of methoxy groups -OCH3 is 2. The van der Waals surface area contributed by atoms with Crippen LogP contribution in [0.2, 0.25) is 0 Å². The van der Waals surface area contributed by atoms with Gasteiger partial charge in [-0.1, -0.05) is 0 Å². The summed E-state index contributed by atoms with van der Waals surface area (Å²) < 4.78 is 15.7. The lowest BCUT2D eigenvalue weighted by atomic mass is 10.1. The van der Waals surface area contributed by atoms with Crippen molar-refractivity contribution in [1.82, 2.24) is 0 Å². The minimum atomic E-state index is -0.610. The van der Waals surface area contributed by atoms with Gasteiger partial charge in [-0.3, -0.25) is 10.1 Å². The number of hydrogen-bond acceptors (Lipinski definition) is 5. The molecular formula is C16H23NO5. The Morgan fingerprint density at radius 1 is 1.09 bits per heavy atom. The number of nitrogens with one attached hydrogen (secondary N) is 1. The van der Waals surface area contributed by atoms with Crippen molar-refractivity contribution in [3.8, 4) is 11.5 Å². The summed E-state index contributed by atoms with van der Waals surface area (Å²) in [6.45, 7) is 6.81. The maximum absolute atomic E-state index is 11.9. The molecule has 1 aromatic rings. The standard InChI is InChI=1S/C16H23NO5/c1-10(18)7-11-8-13(20-5)14(21-6)9-12(11)17-15(19)22-16(2,3)4/h8-9H,7H2,1-6H3,(H,17,19). The van der Waals surface area contributed by atoms with Crippen molar-refractivity contribution >= 4 is 17.6 Å². The van der Waals surface area contributed by atoms with Crippen LogP contribution in [-0.2, 0) is 16.0 Å². The topological polar surface area (TPSA) is 73.9 Å². The van der Waals surface area contributed by atoms with Crippen LogP contribution in [0.5, 0.6) is 11.5 Å². The first-order valence-electron chi connectivity index (χ1n) is 6.90. The summed E-state index contributed by atoms with van der Waals surface area (Å²) >= 11 is 0. The molecule has 22 heavy (non-hydrogen) atoms. The van der Waals surface area contributed by atoms with Gasteiger partial charge in [0.25, 0.3) is 0 Å². The molecule has 6 nitrogen and oxygen atoms in total. The normalized spacial score (nSPS) is 10.8. The molecule has 0 fully saturated rings. The Kier molecular flexibility index (Phi) is 5.79. The summed E-state index contributed by atoms with van der Waals surface area (Å²) in [6, 6.07) is 3.29. The Morgan fingerprint density at radius 2 is 1.64 bits per heavy atom. The van der Waals surface area contributed by atoms with Crippen LogP contribution in [-0.4, -0.2) is 31.7 Å². The minimum Gasteiger partial charge on any atom is -0.493 e. The van der Waals surface area contributed by atoms with E-state index in [1.165, 1.54) is 21.1 Å². The van der Waals surface area contributed by atoms with Gasteiger partial charge in [0.15, 0.2) is 11.5 Å². The average Bonchev–Trinajstić information content (AvgIpc) is 2.37. The van der Waals surface area contributed by atoms with Crippen molar-refractivity contribution in [2.75, 3.05) is 19.5 Å². The van der Waals surface area contributed by atoms with E-state index in [4.69, 9.17) is 14.2 Å². The highest BCUT2D eigenvalue weighted by Gasteiger charge is 2.19. The zero-order valence-electron chi connectivity index (χ0n) is 13.9. The van der Waals surface area contributed by atoms with Gasteiger partial charge in [-0.05, 0) is 39.3 Å². The number of Topliss-reactive ketones (excluding diaryl/α,β-unsaturated/α-hetero) is 1. The molecule has 0 heterocycles. The Hall–Kier alpha value is -2.24. The maximum Gasteiger partial charge on any atom is 0.412 e. The molecule has 0 aromatic heterocycles. The number of anilines is 1. The van der Waals surface area contributed by atoms with Crippen molar-refractivity contribution in [3.63, 3.8) is 0 Å². The third-order valence-corrected chi connectivity index (χ3v) is 2.68. The smallest absolute Gasteiger partial charge is 0.412 e. The third kappa shape index (κ3) is 5.27. The second kappa shape index (κ2) is 7.15. The first-order chi connectivity index (χ1) is 10.2. The molecule has 1 aromatic carbocycles. The van der Waals surface area contributed by atoms with Gasteiger partial charge in [-0.2, -0.15) is 0 Å². The van der Waals surface area contributed by atoms with E-state index in [0.29, 0.717) is 22.7 Å². The van der Waals surface area contributed by atoms with E-state index in [9.17, 15) is 9.59 Å². The fourth-order valence-corrected chi connectivity index (χ4v) is 1.87. The fraction of sp³-hybridized carbons (Fsp3) is 0.500. The fourth-order valence-electron chi connectivity index (χ4n) is 1.87. The SMILES string of the molecule is COc1cc(CC(C)=O)c(NC(=O)OC(C)(C)C)cc1OC. The highest BCUT2D eigenvalue weighted by atomic mass is 16.6. The van der Waals surface area contributed by atoms with E-state index < -0.39 is 11.7 Å². The predicted molar refractivity (Wildman–Crippen MR) is 83.8 cm³/mol. The number of amides is 1. The molecule has 0 aliphatic heterocycles. The molecule has 6 heteroatoms. The third-order valence-electron chi connectivity index (χ3n) is 2.68. The lowest BCUT2D eigenvalue weighted by Gasteiger charge is -2.21. The molecule has 0 unspecified atom stereocenters. The second-order valence-electron chi connectivity index (χ2n) is 5.87. The Labute approximate surface area is 130 Å². The van der Waals surface area contributed by atoms with E-state index in [1.807, 2.05) is 0 Å². The molecule has 0 spiro atoms. The number of carbonyl (C=O) groups is 2. The molecule has 0 saturated heterocycles. The van der Waals surface area contributed by atoms with E-state index in [-0.39, 0.29) is 12.2 Å². The van der Waals surface area contributed by atoms with Crippen molar-refractivity contribution in [3.05, 3.63) is 17.7 Å². The number of ketones is 1. The molecular weight excluding hydrogens is 286 g/mol. The highest BCUT2D eigenvalue weighted by Crippen LogP contribution is 2.34. The minimum absolute atomic E-state index is 0.0283.